The van der Waals surface area contributed by atoms with Crippen molar-refractivity contribution in [2.75, 3.05) is 26.3 Å². The zero-order valence-corrected chi connectivity index (χ0v) is 21.4. The maximum absolute atomic E-state index is 9.09. The summed E-state index contributed by atoms with van der Waals surface area (Å²) in [5.74, 6) is 1.46. The molecule has 0 bridgehead atoms. The summed E-state index contributed by atoms with van der Waals surface area (Å²) in [5, 5.41) is 35.9. The average molecular weight is 498 g/mol. The highest BCUT2D eigenvalue weighted by Crippen LogP contribution is 2.32. The van der Waals surface area contributed by atoms with Gasteiger partial charge in [0.05, 0.1) is 19.7 Å². The fraction of sp³-hybridized carbons (Fsp3) is 0.481. The standard InChI is InChI=1S/C27H40B2O7/c1-3-4-5-6-7-9-23-12-13-26(35-15-14-22(2)20-28(30)31)19-27(23)24-10-8-11-25(18-24)36-17-16-34-21-29(32)33/h8,10-13,18-19,30-33H,2-7,9,14-17,20-21H2,1H3. The van der Waals surface area contributed by atoms with Gasteiger partial charge in [0.25, 0.3) is 0 Å². The van der Waals surface area contributed by atoms with Crippen molar-refractivity contribution in [2.24, 2.45) is 0 Å². The molecule has 2 aromatic carbocycles. The minimum atomic E-state index is -1.48. The predicted octanol–water partition coefficient (Wildman–Crippen LogP) is 4.07. The summed E-state index contributed by atoms with van der Waals surface area (Å²) < 4.78 is 16.9. The molecule has 0 saturated heterocycles. The van der Waals surface area contributed by atoms with Crippen molar-refractivity contribution < 1.29 is 34.3 Å². The zero-order chi connectivity index (χ0) is 26.2. The number of benzene rings is 2. The van der Waals surface area contributed by atoms with E-state index in [0.717, 1.165) is 35.3 Å². The Hall–Kier alpha value is -2.29. The number of unbranched alkanes of at least 4 members (excludes halogenated alkanes) is 4. The summed E-state index contributed by atoms with van der Waals surface area (Å²) in [6.07, 6.45) is 7.73. The van der Waals surface area contributed by atoms with E-state index >= 15 is 0 Å². The van der Waals surface area contributed by atoms with Crippen molar-refractivity contribution in [3.05, 3.63) is 60.2 Å². The average Bonchev–Trinajstić information content (AvgIpc) is 2.84. The largest absolute Gasteiger partial charge is 0.493 e. The molecule has 0 aromatic heterocycles. The Bertz CT molecular complexity index is 905. The third-order valence-electron chi connectivity index (χ3n) is 5.73. The van der Waals surface area contributed by atoms with Gasteiger partial charge in [-0.25, -0.2) is 0 Å². The van der Waals surface area contributed by atoms with Gasteiger partial charge < -0.3 is 34.3 Å². The summed E-state index contributed by atoms with van der Waals surface area (Å²) in [6.45, 7) is 6.91. The Labute approximate surface area is 216 Å². The molecule has 196 valence electrons. The molecule has 0 aliphatic rings. The third-order valence-corrected chi connectivity index (χ3v) is 5.73. The summed E-state index contributed by atoms with van der Waals surface area (Å²) in [7, 11) is -2.87. The van der Waals surface area contributed by atoms with E-state index in [2.05, 4.69) is 31.7 Å². The van der Waals surface area contributed by atoms with E-state index in [1.54, 1.807) is 0 Å². The number of hydrogen-bond donors (Lipinski definition) is 4. The number of rotatable bonds is 19. The van der Waals surface area contributed by atoms with Crippen LogP contribution in [0.2, 0.25) is 6.32 Å². The lowest BCUT2D eigenvalue weighted by molar-refractivity contribution is 0.116. The van der Waals surface area contributed by atoms with Crippen LogP contribution in [0, 0.1) is 0 Å². The highest BCUT2D eigenvalue weighted by Gasteiger charge is 2.11. The van der Waals surface area contributed by atoms with E-state index in [-0.39, 0.29) is 19.4 Å². The van der Waals surface area contributed by atoms with Crippen LogP contribution < -0.4 is 9.47 Å². The van der Waals surface area contributed by atoms with E-state index in [9.17, 15) is 0 Å². The predicted molar refractivity (Wildman–Crippen MR) is 145 cm³/mol. The fourth-order valence-corrected chi connectivity index (χ4v) is 3.89. The summed E-state index contributed by atoms with van der Waals surface area (Å²) >= 11 is 0. The molecule has 0 amide bonds. The fourth-order valence-electron chi connectivity index (χ4n) is 3.89. The van der Waals surface area contributed by atoms with Crippen LogP contribution in [-0.4, -0.2) is 60.7 Å². The molecule has 0 radical (unpaired) electrons. The van der Waals surface area contributed by atoms with Crippen molar-refractivity contribution in [2.45, 2.75) is 58.2 Å². The summed E-state index contributed by atoms with van der Waals surface area (Å²) in [6, 6.07) is 14.0. The van der Waals surface area contributed by atoms with Crippen LogP contribution in [0.15, 0.2) is 54.6 Å². The van der Waals surface area contributed by atoms with Gasteiger partial charge in [-0.05, 0) is 53.8 Å². The first-order valence-electron chi connectivity index (χ1n) is 12.8. The van der Waals surface area contributed by atoms with E-state index < -0.39 is 14.2 Å². The Kier molecular flexibility index (Phi) is 14.3. The summed E-state index contributed by atoms with van der Waals surface area (Å²) in [4.78, 5) is 0. The van der Waals surface area contributed by atoms with E-state index in [1.807, 2.05) is 24.3 Å². The van der Waals surface area contributed by atoms with Gasteiger partial charge in [-0.15, -0.1) is 6.58 Å². The normalized spacial score (nSPS) is 10.8. The van der Waals surface area contributed by atoms with Crippen molar-refractivity contribution in [1.29, 1.82) is 0 Å². The molecular formula is C27H40B2O7. The Morgan fingerprint density at radius 2 is 1.58 bits per heavy atom. The second kappa shape index (κ2) is 17.2. The van der Waals surface area contributed by atoms with E-state index in [1.165, 1.54) is 31.2 Å². The molecular weight excluding hydrogens is 458 g/mol. The summed E-state index contributed by atoms with van der Waals surface area (Å²) in [5.41, 5.74) is 4.11. The second-order valence-electron chi connectivity index (χ2n) is 8.95. The zero-order valence-electron chi connectivity index (χ0n) is 21.4. The van der Waals surface area contributed by atoms with Gasteiger partial charge in [0.2, 0.25) is 0 Å². The maximum Gasteiger partial charge on any atom is 0.479 e. The molecule has 7 nitrogen and oxygen atoms in total. The molecule has 0 saturated carbocycles. The third kappa shape index (κ3) is 12.1. The van der Waals surface area contributed by atoms with Crippen LogP contribution in [0.3, 0.4) is 0 Å². The van der Waals surface area contributed by atoms with Gasteiger partial charge in [0.1, 0.15) is 18.1 Å². The van der Waals surface area contributed by atoms with Crippen LogP contribution in [0.1, 0.15) is 51.0 Å². The highest BCUT2D eigenvalue weighted by atomic mass is 16.5. The molecule has 0 aliphatic carbocycles. The number of hydrogen-bond acceptors (Lipinski definition) is 7. The molecule has 2 rings (SSSR count). The van der Waals surface area contributed by atoms with Gasteiger partial charge in [0, 0.05) is 12.7 Å². The lowest BCUT2D eigenvalue weighted by Crippen LogP contribution is -2.21. The smallest absolute Gasteiger partial charge is 0.479 e. The van der Waals surface area contributed by atoms with Crippen molar-refractivity contribution in [3.8, 4) is 22.6 Å². The lowest BCUT2D eigenvalue weighted by Gasteiger charge is -2.15. The molecule has 0 spiro atoms. The molecule has 0 atom stereocenters. The van der Waals surface area contributed by atoms with E-state index in [0.29, 0.717) is 25.4 Å². The topological polar surface area (TPSA) is 109 Å². The lowest BCUT2D eigenvalue weighted by atomic mass is 9.81. The molecule has 0 aliphatic heterocycles. The van der Waals surface area contributed by atoms with Gasteiger partial charge in [-0.1, -0.05) is 56.4 Å². The minimum Gasteiger partial charge on any atom is -0.493 e. The Morgan fingerprint density at radius 1 is 0.833 bits per heavy atom. The monoisotopic (exact) mass is 498 g/mol. The highest BCUT2D eigenvalue weighted by molar-refractivity contribution is 6.42. The van der Waals surface area contributed by atoms with Crippen LogP contribution in [0.5, 0.6) is 11.5 Å². The van der Waals surface area contributed by atoms with Crippen molar-refractivity contribution in [3.63, 3.8) is 0 Å². The van der Waals surface area contributed by atoms with Gasteiger partial charge in [-0.2, -0.15) is 0 Å². The molecule has 2 aromatic rings. The Balaban J connectivity index is 2.09. The Morgan fingerprint density at radius 3 is 2.33 bits per heavy atom. The molecule has 0 unspecified atom stereocenters. The quantitative estimate of drug-likeness (QED) is 0.131. The molecule has 4 N–H and O–H groups in total. The van der Waals surface area contributed by atoms with Crippen LogP contribution in [0.25, 0.3) is 11.1 Å². The van der Waals surface area contributed by atoms with Gasteiger partial charge in [-0.3, -0.25) is 0 Å². The van der Waals surface area contributed by atoms with Crippen molar-refractivity contribution >= 4 is 14.2 Å². The SMILES string of the molecule is C=C(CCOc1ccc(CCCCCCC)c(-c2cccc(OCCOCB(O)O)c2)c1)CB(O)O. The number of ether oxygens (including phenoxy) is 3. The molecule has 36 heavy (non-hydrogen) atoms. The first kappa shape index (κ1) is 29.9. The minimum absolute atomic E-state index is 0.143. The van der Waals surface area contributed by atoms with Crippen molar-refractivity contribution in [1.82, 2.24) is 0 Å². The van der Waals surface area contributed by atoms with Crippen LogP contribution in [0.4, 0.5) is 0 Å². The second-order valence-corrected chi connectivity index (χ2v) is 8.95. The first-order valence-corrected chi connectivity index (χ1v) is 12.8. The molecule has 9 heteroatoms. The van der Waals surface area contributed by atoms with E-state index in [4.69, 9.17) is 34.3 Å². The van der Waals surface area contributed by atoms with Gasteiger partial charge >= 0.3 is 14.2 Å². The van der Waals surface area contributed by atoms with Gasteiger partial charge in [0.15, 0.2) is 0 Å². The first-order chi connectivity index (χ1) is 17.4. The van der Waals surface area contributed by atoms with Crippen LogP contribution in [-0.2, 0) is 11.2 Å². The maximum atomic E-state index is 9.09. The molecule has 0 fully saturated rings. The molecule has 0 heterocycles. The number of aryl methyl sites for hydroxylation is 1. The van der Waals surface area contributed by atoms with Crippen LogP contribution >= 0.6 is 0 Å².